The Hall–Kier alpha value is -0.110. The molecule has 0 spiro atoms. The van der Waals surface area contributed by atoms with Crippen molar-refractivity contribution in [3.8, 4) is 0 Å². The van der Waals surface area contributed by atoms with Gasteiger partial charge in [0.2, 0.25) is 0 Å². The van der Waals surface area contributed by atoms with Gasteiger partial charge in [0.1, 0.15) is 0 Å². The van der Waals surface area contributed by atoms with E-state index in [0.717, 1.165) is 6.42 Å². The van der Waals surface area contributed by atoms with E-state index in [-0.39, 0.29) is 0 Å². The standard InChI is InChI=1S/C7H13NS/c1-5-4-7(9)6(2)8(5)3/h6-7,9H,1,4H2,2-3H3. The van der Waals surface area contributed by atoms with Crippen LogP contribution in [0.15, 0.2) is 12.3 Å². The van der Waals surface area contributed by atoms with Gasteiger partial charge in [0.05, 0.1) is 0 Å². The van der Waals surface area contributed by atoms with Gasteiger partial charge in [-0.2, -0.15) is 12.6 Å². The summed E-state index contributed by atoms with van der Waals surface area (Å²) in [6, 6.07) is 0.556. The normalized spacial score (nSPS) is 35.9. The topological polar surface area (TPSA) is 3.24 Å². The average Bonchev–Trinajstić information content (AvgIpc) is 1.98. The zero-order valence-corrected chi connectivity index (χ0v) is 6.86. The molecule has 2 atom stereocenters. The smallest absolute Gasteiger partial charge is 0.0375 e. The highest BCUT2D eigenvalue weighted by atomic mass is 32.1. The van der Waals surface area contributed by atoms with Gasteiger partial charge in [-0.15, -0.1) is 0 Å². The van der Waals surface area contributed by atoms with Crippen LogP contribution >= 0.6 is 12.6 Å². The summed E-state index contributed by atoms with van der Waals surface area (Å²) in [7, 11) is 2.07. The summed E-state index contributed by atoms with van der Waals surface area (Å²) < 4.78 is 0. The maximum atomic E-state index is 4.40. The van der Waals surface area contributed by atoms with E-state index in [0.29, 0.717) is 11.3 Å². The molecule has 0 aromatic carbocycles. The van der Waals surface area contributed by atoms with Gasteiger partial charge in [-0.05, 0) is 6.92 Å². The summed E-state index contributed by atoms with van der Waals surface area (Å²) in [5, 5.41) is 0.488. The molecule has 2 heteroatoms. The average molecular weight is 143 g/mol. The van der Waals surface area contributed by atoms with E-state index in [9.17, 15) is 0 Å². The predicted molar refractivity (Wildman–Crippen MR) is 43.8 cm³/mol. The van der Waals surface area contributed by atoms with Gasteiger partial charge in [0.15, 0.2) is 0 Å². The first kappa shape index (κ1) is 7.00. The van der Waals surface area contributed by atoms with Crippen LogP contribution in [0.25, 0.3) is 0 Å². The summed E-state index contributed by atoms with van der Waals surface area (Å²) in [6.45, 7) is 6.09. The molecular weight excluding hydrogens is 130 g/mol. The highest BCUT2D eigenvalue weighted by Gasteiger charge is 2.26. The van der Waals surface area contributed by atoms with E-state index in [4.69, 9.17) is 0 Å². The van der Waals surface area contributed by atoms with Gasteiger partial charge in [0.25, 0.3) is 0 Å². The number of hydrogen-bond acceptors (Lipinski definition) is 2. The van der Waals surface area contributed by atoms with Gasteiger partial charge in [-0.25, -0.2) is 0 Å². The minimum absolute atomic E-state index is 0.488. The van der Waals surface area contributed by atoms with E-state index in [2.05, 4.69) is 38.1 Å². The fourth-order valence-electron chi connectivity index (χ4n) is 1.10. The molecule has 1 aliphatic rings. The maximum absolute atomic E-state index is 4.40. The second-order valence-electron chi connectivity index (χ2n) is 2.69. The first-order chi connectivity index (χ1) is 4.13. The van der Waals surface area contributed by atoms with E-state index >= 15 is 0 Å². The molecule has 0 aromatic heterocycles. The van der Waals surface area contributed by atoms with Crippen molar-refractivity contribution in [2.75, 3.05) is 7.05 Å². The third-order valence-electron chi connectivity index (χ3n) is 2.11. The molecule has 0 saturated carbocycles. The van der Waals surface area contributed by atoms with Crippen LogP contribution in [0.2, 0.25) is 0 Å². The molecular formula is C7H13NS. The van der Waals surface area contributed by atoms with Gasteiger partial charge in [0, 0.05) is 30.5 Å². The summed E-state index contributed by atoms with van der Waals surface area (Å²) >= 11 is 4.40. The van der Waals surface area contributed by atoms with Crippen LogP contribution in [0.5, 0.6) is 0 Å². The molecule has 52 valence electrons. The zero-order chi connectivity index (χ0) is 7.02. The van der Waals surface area contributed by atoms with E-state index in [1.807, 2.05) is 0 Å². The van der Waals surface area contributed by atoms with Gasteiger partial charge in [-0.3, -0.25) is 0 Å². The molecule has 1 nitrogen and oxygen atoms in total. The Morgan fingerprint density at radius 1 is 1.78 bits per heavy atom. The van der Waals surface area contributed by atoms with Crippen molar-refractivity contribution in [1.29, 1.82) is 0 Å². The monoisotopic (exact) mass is 143 g/mol. The van der Waals surface area contributed by atoms with Crippen LogP contribution in [0.4, 0.5) is 0 Å². The number of thiol groups is 1. The lowest BCUT2D eigenvalue weighted by atomic mass is 10.2. The lowest BCUT2D eigenvalue weighted by Gasteiger charge is -2.19. The Labute approximate surface area is 62.1 Å². The van der Waals surface area contributed by atoms with Crippen LogP contribution in [-0.4, -0.2) is 23.2 Å². The van der Waals surface area contributed by atoms with Crippen molar-refractivity contribution < 1.29 is 0 Å². The van der Waals surface area contributed by atoms with Crippen molar-refractivity contribution in [2.45, 2.75) is 24.6 Å². The molecule has 9 heavy (non-hydrogen) atoms. The Bertz CT molecular complexity index is 133. The molecule has 2 unspecified atom stereocenters. The first-order valence-corrected chi connectivity index (χ1v) is 3.73. The van der Waals surface area contributed by atoms with E-state index in [1.54, 1.807) is 0 Å². The summed E-state index contributed by atoms with van der Waals surface area (Å²) in [6.07, 6.45) is 1.04. The molecule has 1 rings (SSSR count). The van der Waals surface area contributed by atoms with Crippen LogP contribution in [0.3, 0.4) is 0 Å². The van der Waals surface area contributed by atoms with Crippen molar-refractivity contribution >= 4 is 12.6 Å². The van der Waals surface area contributed by atoms with Gasteiger partial charge >= 0.3 is 0 Å². The number of nitrogens with zero attached hydrogens (tertiary/aromatic N) is 1. The summed E-state index contributed by atoms with van der Waals surface area (Å²) in [5.74, 6) is 0. The van der Waals surface area contributed by atoms with Crippen LogP contribution < -0.4 is 0 Å². The molecule has 1 fully saturated rings. The molecule has 0 aromatic rings. The lowest BCUT2D eigenvalue weighted by molar-refractivity contribution is 0.381. The molecule has 0 aliphatic carbocycles. The minimum Gasteiger partial charge on any atom is -0.374 e. The third-order valence-corrected chi connectivity index (χ3v) is 2.73. The molecule has 0 amide bonds. The fraction of sp³-hybridized carbons (Fsp3) is 0.714. The van der Waals surface area contributed by atoms with Crippen molar-refractivity contribution in [3.05, 3.63) is 12.3 Å². The van der Waals surface area contributed by atoms with Crippen LogP contribution in [0.1, 0.15) is 13.3 Å². The Kier molecular flexibility index (Phi) is 1.75. The maximum Gasteiger partial charge on any atom is 0.0375 e. The van der Waals surface area contributed by atoms with E-state index < -0.39 is 0 Å². The molecule has 0 radical (unpaired) electrons. The SMILES string of the molecule is C=C1CC(S)C(C)N1C. The van der Waals surface area contributed by atoms with E-state index in [1.165, 1.54) is 5.70 Å². The third kappa shape index (κ3) is 1.08. The predicted octanol–water partition coefficient (Wildman–Crippen LogP) is 1.52. The Balaban J connectivity index is 2.65. The van der Waals surface area contributed by atoms with Crippen molar-refractivity contribution in [1.82, 2.24) is 4.90 Å². The Morgan fingerprint density at radius 3 is 2.44 bits per heavy atom. The Morgan fingerprint density at radius 2 is 2.33 bits per heavy atom. The minimum atomic E-state index is 0.488. The van der Waals surface area contributed by atoms with Crippen LogP contribution in [-0.2, 0) is 0 Å². The number of hydrogen-bond donors (Lipinski definition) is 1. The van der Waals surface area contributed by atoms with Crippen molar-refractivity contribution in [3.63, 3.8) is 0 Å². The molecule has 0 N–H and O–H groups in total. The first-order valence-electron chi connectivity index (χ1n) is 3.21. The van der Waals surface area contributed by atoms with Crippen molar-refractivity contribution in [2.24, 2.45) is 0 Å². The second-order valence-corrected chi connectivity index (χ2v) is 3.35. The molecule has 1 saturated heterocycles. The zero-order valence-electron chi connectivity index (χ0n) is 5.96. The second kappa shape index (κ2) is 2.25. The largest absolute Gasteiger partial charge is 0.374 e. The molecule has 0 bridgehead atoms. The number of allylic oxidation sites excluding steroid dienone is 1. The van der Waals surface area contributed by atoms with Crippen LogP contribution in [0, 0.1) is 0 Å². The van der Waals surface area contributed by atoms with Gasteiger partial charge in [-0.1, -0.05) is 6.58 Å². The highest BCUT2D eigenvalue weighted by Crippen LogP contribution is 2.27. The molecule has 1 aliphatic heterocycles. The summed E-state index contributed by atoms with van der Waals surface area (Å²) in [4.78, 5) is 2.19. The van der Waals surface area contributed by atoms with Gasteiger partial charge < -0.3 is 4.90 Å². The lowest BCUT2D eigenvalue weighted by Crippen LogP contribution is -2.24. The number of likely N-dealkylation sites (tertiary alicyclic amines) is 1. The number of rotatable bonds is 0. The quantitative estimate of drug-likeness (QED) is 0.503. The summed E-state index contributed by atoms with van der Waals surface area (Å²) in [5.41, 5.74) is 1.21. The molecule has 1 heterocycles. The highest BCUT2D eigenvalue weighted by molar-refractivity contribution is 7.81. The fourth-order valence-corrected chi connectivity index (χ4v) is 1.51.